The van der Waals surface area contributed by atoms with Crippen molar-refractivity contribution in [2.45, 2.75) is 18.6 Å². The maximum absolute atomic E-state index is 12.0. The lowest BCUT2D eigenvalue weighted by Gasteiger charge is -2.05. The van der Waals surface area contributed by atoms with Gasteiger partial charge in [-0.25, -0.2) is 4.98 Å². The number of aromatic nitrogens is 1. The molecule has 0 bridgehead atoms. The second kappa shape index (κ2) is 11.1. The van der Waals surface area contributed by atoms with Gasteiger partial charge in [-0.15, -0.1) is 34.7 Å². The number of nitrogens with zero attached hydrogens (tertiary/aromatic N) is 1. The van der Waals surface area contributed by atoms with Crippen molar-refractivity contribution in [1.82, 2.24) is 4.98 Å². The first kappa shape index (κ1) is 20.5. The second-order valence-electron chi connectivity index (χ2n) is 5.25. The van der Waals surface area contributed by atoms with E-state index in [4.69, 9.17) is 16.3 Å². The number of methoxy groups -OCH3 is 1. The van der Waals surface area contributed by atoms with Crippen molar-refractivity contribution in [2.75, 3.05) is 29.4 Å². The molecule has 1 heterocycles. The number of thioether (sulfide) groups is 1. The van der Waals surface area contributed by atoms with Crippen LogP contribution in [0.1, 0.15) is 18.5 Å². The van der Waals surface area contributed by atoms with Crippen LogP contribution in [0, 0.1) is 0 Å². The molecule has 0 aliphatic rings. The van der Waals surface area contributed by atoms with Gasteiger partial charge >= 0.3 is 0 Å². The molecule has 1 aromatic carbocycles. The van der Waals surface area contributed by atoms with Gasteiger partial charge in [-0.05, 0) is 30.7 Å². The molecule has 0 radical (unpaired) electrons. The maximum atomic E-state index is 12.0. The van der Waals surface area contributed by atoms with Crippen molar-refractivity contribution >= 4 is 57.3 Å². The Balaban J connectivity index is 1.70. The van der Waals surface area contributed by atoms with E-state index in [0.29, 0.717) is 35.4 Å². The number of amides is 2. The second-order valence-corrected chi connectivity index (χ2v) is 7.48. The van der Waals surface area contributed by atoms with Crippen molar-refractivity contribution in [2.24, 2.45) is 0 Å². The van der Waals surface area contributed by atoms with Gasteiger partial charge in [0, 0.05) is 29.1 Å². The van der Waals surface area contributed by atoms with Crippen LogP contribution in [0.2, 0.25) is 0 Å². The number of carbonyl (C=O) groups is 2. The fourth-order valence-corrected chi connectivity index (χ4v) is 3.64. The van der Waals surface area contributed by atoms with Gasteiger partial charge in [0.05, 0.1) is 18.6 Å². The van der Waals surface area contributed by atoms with Crippen LogP contribution in [0.5, 0.6) is 5.75 Å². The summed E-state index contributed by atoms with van der Waals surface area (Å²) >= 11 is 8.41. The predicted octanol–water partition coefficient (Wildman–Crippen LogP) is 3.98. The Labute approximate surface area is 165 Å². The van der Waals surface area contributed by atoms with Gasteiger partial charge < -0.3 is 15.4 Å². The van der Waals surface area contributed by atoms with Crippen LogP contribution in [-0.2, 0) is 15.3 Å². The van der Waals surface area contributed by atoms with E-state index in [9.17, 15) is 9.59 Å². The van der Waals surface area contributed by atoms with Crippen LogP contribution in [0.25, 0.3) is 0 Å². The van der Waals surface area contributed by atoms with Gasteiger partial charge in [0.2, 0.25) is 11.8 Å². The zero-order chi connectivity index (χ0) is 18.8. The SMILES string of the molecule is COc1ccc(NC(=O)CSCc2csc(NC(=O)CCCCl)n2)cc1. The molecule has 0 saturated heterocycles. The number of alkyl halides is 1. The Bertz CT molecular complexity index is 722. The first-order chi connectivity index (χ1) is 12.6. The van der Waals surface area contributed by atoms with Crippen molar-refractivity contribution in [3.05, 3.63) is 35.3 Å². The average Bonchev–Trinajstić information content (AvgIpc) is 3.07. The number of nitrogens with one attached hydrogen (secondary N) is 2. The Morgan fingerprint density at radius 3 is 2.69 bits per heavy atom. The van der Waals surface area contributed by atoms with Crippen LogP contribution in [-0.4, -0.2) is 35.5 Å². The summed E-state index contributed by atoms with van der Waals surface area (Å²) in [6.45, 7) is 0. The molecule has 0 unspecified atom stereocenters. The van der Waals surface area contributed by atoms with E-state index in [-0.39, 0.29) is 11.8 Å². The maximum Gasteiger partial charge on any atom is 0.234 e. The van der Waals surface area contributed by atoms with E-state index >= 15 is 0 Å². The zero-order valence-electron chi connectivity index (χ0n) is 14.3. The molecule has 2 amide bonds. The Hall–Kier alpha value is -1.77. The number of carbonyl (C=O) groups excluding carboxylic acids is 2. The molecule has 1 aromatic heterocycles. The summed E-state index contributed by atoms with van der Waals surface area (Å²) in [5.41, 5.74) is 1.57. The number of hydrogen-bond donors (Lipinski definition) is 2. The number of benzene rings is 1. The minimum Gasteiger partial charge on any atom is -0.497 e. The lowest BCUT2D eigenvalue weighted by molar-refractivity contribution is -0.116. The Kier molecular flexibility index (Phi) is 8.73. The van der Waals surface area contributed by atoms with Crippen LogP contribution in [0.3, 0.4) is 0 Å². The van der Waals surface area contributed by atoms with Crippen molar-refractivity contribution < 1.29 is 14.3 Å². The highest BCUT2D eigenvalue weighted by Gasteiger charge is 2.08. The van der Waals surface area contributed by atoms with Crippen LogP contribution in [0.15, 0.2) is 29.6 Å². The van der Waals surface area contributed by atoms with E-state index < -0.39 is 0 Å². The minimum atomic E-state index is -0.0851. The van der Waals surface area contributed by atoms with Gasteiger partial charge in [-0.3, -0.25) is 9.59 Å². The summed E-state index contributed by atoms with van der Waals surface area (Å²) in [4.78, 5) is 27.9. The number of hydrogen-bond acceptors (Lipinski definition) is 6. The first-order valence-corrected chi connectivity index (χ1v) is 10.5. The molecule has 6 nitrogen and oxygen atoms in total. The standard InChI is InChI=1S/C17H20ClN3O3S2/c1-24-14-6-4-12(5-7-14)19-16(23)11-25-9-13-10-26-17(20-13)21-15(22)3-2-8-18/h4-7,10H,2-3,8-9,11H2,1H3,(H,19,23)(H,20,21,22). The highest BCUT2D eigenvalue weighted by molar-refractivity contribution is 7.99. The number of anilines is 2. The molecule has 0 saturated carbocycles. The molecule has 0 aliphatic carbocycles. The molecule has 0 spiro atoms. The lowest BCUT2D eigenvalue weighted by Crippen LogP contribution is -2.14. The Morgan fingerprint density at radius 1 is 1.23 bits per heavy atom. The smallest absolute Gasteiger partial charge is 0.234 e. The molecular formula is C17H20ClN3O3S2. The highest BCUT2D eigenvalue weighted by Crippen LogP contribution is 2.20. The summed E-state index contributed by atoms with van der Waals surface area (Å²) in [6, 6.07) is 7.17. The number of ether oxygens (including phenoxy) is 1. The largest absolute Gasteiger partial charge is 0.497 e. The number of rotatable bonds is 10. The van der Waals surface area contributed by atoms with Crippen molar-refractivity contribution in [3.63, 3.8) is 0 Å². The molecule has 2 aromatic rings. The predicted molar refractivity (Wildman–Crippen MR) is 108 cm³/mol. The van der Waals surface area contributed by atoms with Gasteiger partial charge in [0.15, 0.2) is 5.13 Å². The highest BCUT2D eigenvalue weighted by atomic mass is 35.5. The molecule has 0 atom stereocenters. The minimum absolute atomic E-state index is 0.0787. The van der Waals surface area contributed by atoms with E-state index in [2.05, 4.69) is 15.6 Å². The van der Waals surface area contributed by atoms with Crippen molar-refractivity contribution in [3.8, 4) is 5.75 Å². The van der Waals surface area contributed by atoms with E-state index in [1.165, 1.54) is 23.1 Å². The summed E-state index contributed by atoms with van der Waals surface area (Å²) in [7, 11) is 1.60. The fraction of sp³-hybridized carbons (Fsp3) is 0.353. The summed E-state index contributed by atoms with van der Waals surface area (Å²) in [6.07, 6.45) is 1.03. The summed E-state index contributed by atoms with van der Waals surface area (Å²) < 4.78 is 5.08. The third-order valence-electron chi connectivity index (χ3n) is 3.19. The molecule has 0 fully saturated rings. The van der Waals surface area contributed by atoms with Crippen LogP contribution in [0.4, 0.5) is 10.8 Å². The third kappa shape index (κ3) is 7.23. The monoisotopic (exact) mass is 413 g/mol. The lowest BCUT2D eigenvalue weighted by atomic mass is 10.3. The van der Waals surface area contributed by atoms with Gasteiger partial charge in [-0.2, -0.15) is 0 Å². The molecule has 26 heavy (non-hydrogen) atoms. The molecule has 0 aliphatic heterocycles. The summed E-state index contributed by atoms with van der Waals surface area (Å²) in [5.74, 6) is 1.96. The van der Waals surface area contributed by atoms with Gasteiger partial charge in [0.1, 0.15) is 5.75 Å². The quantitative estimate of drug-likeness (QED) is 0.576. The molecule has 140 valence electrons. The Morgan fingerprint density at radius 2 is 2.00 bits per heavy atom. The third-order valence-corrected chi connectivity index (χ3v) is 5.23. The first-order valence-electron chi connectivity index (χ1n) is 7.92. The van der Waals surface area contributed by atoms with E-state index in [1.54, 1.807) is 31.4 Å². The topological polar surface area (TPSA) is 80.3 Å². The van der Waals surface area contributed by atoms with E-state index in [1.807, 2.05) is 5.38 Å². The van der Waals surface area contributed by atoms with Gasteiger partial charge in [-0.1, -0.05) is 0 Å². The zero-order valence-corrected chi connectivity index (χ0v) is 16.7. The summed E-state index contributed by atoms with van der Waals surface area (Å²) in [5, 5.41) is 8.03. The van der Waals surface area contributed by atoms with Gasteiger partial charge in [0.25, 0.3) is 0 Å². The molecule has 2 rings (SSSR count). The van der Waals surface area contributed by atoms with Crippen LogP contribution < -0.4 is 15.4 Å². The fourth-order valence-electron chi connectivity index (χ4n) is 1.96. The van der Waals surface area contributed by atoms with Crippen LogP contribution >= 0.6 is 34.7 Å². The molecule has 2 N–H and O–H groups in total. The normalized spacial score (nSPS) is 10.4. The number of halogens is 1. The number of thiazole rings is 1. The average molecular weight is 414 g/mol. The molecular weight excluding hydrogens is 394 g/mol. The molecule has 9 heteroatoms. The van der Waals surface area contributed by atoms with Crippen molar-refractivity contribution in [1.29, 1.82) is 0 Å². The van der Waals surface area contributed by atoms with E-state index in [0.717, 1.165) is 17.1 Å².